The van der Waals surface area contributed by atoms with Crippen LogP contribution in [0.25, 0.3) is 0 Å². The van der Waals surface area contributed by atoms with E-state index >= 15 is 0 Å². The van der Waals surface area contributed by atoms with E-state index in [2.05, 4.69) is 12.2 Å². The van der Waals surface area contributed by atoms with Crippen LogP contribution in [0.4, 0.5) is 0 Å². The third-order valence-corrected chi connectivity index (χ3v) is 5.39. The first-order valence-electron chi connectivity index (χ1n) is 7.97. The Morgan fingerprint density at radius 2 is 1.80 bits per heavy atom. The van der Waals surface area contributed by atoms with Gasteiger partial charge in [0, 0.05) is 5.54 Å². The smallest absolute Gasteiger partial charge is 0.249 e. The van der Waals surface area contributed by atoms with Gasteiger partial charge in [-0.1, -0.05) is 27.7 Å². The van der Waals surface area contributed by atoms with Crippen molar-refractivity contribution in [1.29, 1.82) is 0 Å². The Labute approximate surface area is 122 Å². The van der Waals surface area contributed by atoms with E-state index in [1.54, 1.807) is 0 Å². The molecule has 114 valence electrons. The molecule has 1 atom stereocenters. The molecule has 1 aliphatic carbocycles. The van der Waals surface area contributed by atoms with Gasteiger partial charge in [0.05, 0.1) is 0 Å². The molecule has 2 rings (SSSR count). The Morgan fingerprint density at radius 3 is 2.15 bits per heavy atom. The number of carbonyl (C=O) groups excluding carboxylic acids is 2. The van der Waals surface area contributed by atoms with E-state index in [1.807, 2.05) is 32.6 Å². The van der Waals surface area contributed by atoms with Crippen LogP contribution in [0.15, 0.2) is 0 Å². The second kappa shape index (κ2) is 5.05. The van der Waals surface area contributed by atoms with Gasteiger partial charge in [0.2, 0.25) is 11.8 Å². The molecule has 0 spiro atoms. The molecule has 0 aromatic carbocycles. The summed E-state index contributed by atoms with van der Waals surface area (Å²) >= 11 is 0. The van der Waals surface area contributed by atoms with Gasteiger partial charge in [0.25, 0.3) is 0 Å². The highest BCUT2D eigenvalue weighted by Crippen LogP contribution is 2.43. The zero-order valence-corrected chi connectivity index (χ0v) is 13.5. The molecule has 4 nitrogen and oxygen atoms in total. The molecule has 2 amide bonds. The van der Waals surface area contributed by atoms with Crippen molar-refractivity contribution in [2.75, 3.05) is 0 Å². The molecule has 2 aliphatic rings. The van der Waals surface area contributed by atoms with Crippen molar-refractivity contribution in [1.82, 2.24) is 10.2 Å². The molecular weight excluding hydrogens is 252 g/mol. The number of nitrogens with zero attached hydrogens (tertiary/aromatic N) is 1. The lowest BCUT2D eigenvalue weighted by Crippen LogP contribution is -2.76. The molecule has 4 heteroatoms. The second-order valence-electron chi connectivity index (χ2n) is 6.99. The van der Waals surface area contributed by atoms with Crippen molar-refractivity contribution in [3.8, 4) is 0 Å². The quantitative estimate of drug-likeness (QED) is 0.860. The molecule has 0 bridgehead atoms. The maximum absolute atomic E-state index is 13.1. The summed E-state index contributed by atoms with van der Waals surface area (Å²) in [6, 6.07) is -0.320. The van der Waals surface area contributed by atoms with Crippen molar-refractivity contribution in [3.63, 3.8) is 0 Å². The number of hydrogen-bond acceptors (Lipinski definition) is 2. The molecule has 1 aliphatic heterocycles. The predicted molar refractivity (Wildman–Crippen MR) is 79.2 cm³/mol. The van der Waals surface area contributed by atoms with E-state index < -0.39 is 5.54 Å². The Morgan fingerprint density at radius 1 is 1.25 bits per heavy atom. The summed E-state index contributed by atoms with van der Waals surface area (Å²) in [6.07, 6.45) is 4.49. The lowest BCUT2D eigenvalue weighted by Gasteiger charge is -2.57. The predicted octanol–water partition coefficient (Wildman–Crippen LogP) is 2.47. The standard InChI is InChI=1S/C16H28N2O2/c1-6-16(7-2)14(20)18(15(5)9-8-10-15)12(11(3)4)13(19)17-16/h11-12H,6-10H2,1-5H3,(H,17,19). The zero-order valence-electron chi connectivity index (χ0n) is 13.5. The minimum Gasteiger partial charge on any atom is -0.340 e. The fourth-order valence-electron chi connectivity index (χ4n) is 3.68. The SMILES string of the molecule is CCC1(CC)NC(=O)C(C(C)C)N(C2(C)CCC2)C1=O. The summed E-state index contributed by atoms with van der Waals surface area (Å²) < 4.78 is 0. The minimum absolute atomic E-state index is 0.0245. The van der Waals surface area contributed by atoms with E-state index in [0.717, 1.165) is 19.3 Å². The van der Waals surface area contributed by atoms with E-state index in [1.165, 1.54) is 0 Å². The van der Waals surface area contributed by atoms with E-state index in [4.69, 9.17) is 0 Å². The van der Waals surface area contributed by atoms with Gasteiger partial charge < -0.3 is 10.2 Å². The number of piperazine rings is 1. The average Bonchev–Trinajstić information content (AvgIpc) is 2.37. The van der Waals surface area contributed by atoms with Crippen LogP contribution in [0.3, 0.4) is 0 Å². The van der Waals surface area contributed by atoms with Gasteiger partial charge in [-0.15, -0.1) is 0 Å². The molecule has 2 fully saturated rings. The summed E-state index contributed by atoms with van der Waals surface area (Å²) in [5.41, 5.74) is -0.819. The molecule has 1 heterocycles. The highest BCUT2D eigenvalue weighted by molar-refractivity contribution is 6.00. The largest absolute Gasteiger partial charge is 0.340 e. The van der Waals surface area contributed by atoms with E-state index in [9.17, 15) is 9.59 Å². The van der Waals surface area contributed by atoms with Crippen molar-refractivity contribution < 1.29 is 9.59 Å². The van der Waals surface area contributed by atoms with Crippen LogP contribution >= 0.6 is 0 Å². The van der Waals surface area contributed by atoms with Gasteiger partial charge in [-0.25, -0.2) is 0 Å². The number of rotatable bonds is 4. The number of carbonyl (C=O) groups is 2. The Bertz CT molecular complexity index is 409. The number of hydrogen-bond donors (Lipinski definition) is 1. The van der Waals surface area contributed by atoms with Gasteiger partial charge in [-0.3, -0.25) is 9.59 Å². The van der Waals surface area contributed by atoms with Crippen LogP contribution in [0, 0.1) is 5.92 Å². The first-order chi connectivity index (χ1) is 9.31. The molecule has 0 radical (unpaired) electrons. The fraction of sp³-hybridized carbons (Fsp3) is 0.875. The molecular formula is C16H28N2O2. The normalized spacial score (nSPS) is 28.3. The second-order valence-corrected chi connectivity index (χ2v) is 6.99. The van der Waals surface area contributed by atoms with Crippen molar-refractivity contribution in [2.24, 2.45) is 5.92 Å². The Hall–Kier alpha value is -1.06. The Balaban J connectivity index is 2.44. The monoisotopic (exact) mass is 280 g/mol. The van der Waals surface area contributed by atoms with Gasteiger partial charge in [0.15, 0.2) is 0 Å². The first-order valence-corrected chi connectivity index (χ1v) is 7.97. The van der Waals surface area contributed by atoms with Crippen molar-refractivity contribution >= 4 is 11.8 Å². The number of amides is 2. The fourth-order valence-corrected chi connectivity index (χ4v) is 3.68. The van der Waals surface area contributed by atoms with Crippen LogP contribution in [0.5, 0.6) is 0 Å². The molecule has 0 aromatic rings. The third kappa shape index (κ3) is 2.04. The molecule has 0 aromatic heterocycles. The minimum atomic E-state index is -0.693. The van der Waals surface area contributed by atoms with Crippen LogP contribution < -0.4 is 5.32 Å². The highest BCUT2D eigenvalue weighted by Gasteiger charge is 2.56. The zero-order chi connectivity index (χ0) is 15.1. The molecule has 1 N–H and O–H groups in total. The van der Waals surface area contributed by atoms with Gasteiger partial charge in [-0.05, 0) is 44.9 Å². The van der Waals surface area contributed by atoms with Crippen LogP contribution in [0.2, 0.25) is 0 Å². The maximum atomic E-state index is 13.1. The lowest BCUT2D eigenvalue weighted by atomic mass is 9.72. The van der Waals surface area contributed by atoms with Crippen LogP contribution in [0.1, 0.15) is 66.7 Å². The summed E-state index contributed by atoms with van der Waals surface area (Å²) in [7, 11) is 0. The summed E-state index contributed by atoms with van der Waals surface area (Å²) in [5.74, 6) is 0.294. The summed E-state index contributed by atoms with van der Waals surface area (Å²) in [6.45, 7) is 10.2. The average molecular weight is 280 g/mol. The maximum Gasteiger partial charge on any atom is 0.249 e. The summed E-state index contributed by atoms with van der Waals surface area (Å²) in [4.78, 5) is 27.7. The molecule has 1 saturated carbocycles. The van der Waals surface area contributed by atoms with Gasteiger partial charge in [-0.2, -0.15) is 0 Å². The molecule has 1 saturated heterocycles. The number of nitrogens with one attached hydrogen (secondary N) is 1. The Kier molecular flexibility index (Phi) is 3.87. The van der Waals surface area contributed by atoms with E-state index in [-0.39, 0.29) is 29.3 Å². The van der Waals surface area contributed by atoms with Crippen molar-refractivity contribution in [2.45, 2.75) is 83.8 Å². The molecule has 20 heavy (non-hydrogen) atoms. The van der Waals surface area contributed by atoms with Crippen molar-refractivity contribution in [3.05, 3.63) is 0 Å². The summed E-state index contributed by atoms with van der Waals surface area (Å²) in [5, 5.41) is 3.03. The molecule has 1 unspecified atom stereocenters. The first kappa shape index (κ1) is 15.3. The highest BCUT2D eigenvalue weighted by atomic mass is 16.2. The lowest BCUT2D eigenvalue weighted by molar-refractivity contribution is -0.169. The third-order valence-electron chi connectivity index (χ3n) is 5.39. The van der Waals surface area contributed by atoms with Gasteiger partial charge >= 0.3 is 0 Å². The van der Waals surface area contributed by atoms with Gasteiger partial charge in [0.1, 0.15) is 11.6 Å². The van der Waals surface area contributed by atoms with Crippen LogP contribution in [-0.4, -0.2) is 33.8 Å². The topological polar surface area (TPSA) is 49.4 Å². The van der Waals surface area contributed by atoms with E-state index in [0.29, 0.717) is 12.8 Å². The van der Waals surface area contributed by atoms with Crippen LogP contribution in [-0.2, 0) is 9.59 Å².